The third-order valence-electron chi connectivity index (χ3n) is 9.25. The molecule has 16 heteroatoms. The number of alkyl halides is 3. The maximum absolute atomic E-state index is 15.3. The fourth-order valence-electron chi connectivity index (χ4n) is 7.09. The number of amides is 3. The van der Waals surface area contributed by atoms with Crippen molar-refractivity contribution in [3.63, 3.8) is 0 Å². The molecule has 0 aromatic heterocycles. The van der Waals surface area contributed by atoms with Crippen molar-refractivity contribution in [2.24, 2.45) is 0 Å². The zero-order chi connectivity index (χ0) is 35.6. The standard InChI is InChI=1S/C33H32ClF3N4O7S/c1-38(2)29(43)27-16-22(42)18-40(27)32(24-6-4-5-7-28(24)48-3)25-15-21(34)9-11-26(25)41(30(32)44)49(46,47)23-10-8-19-12-13-39(17-20(19)14-23)31(45)33(35,36)37/h4-11,14-15,22,27,42H,12-13,16-18H2,1-3H3/t22-,27+,32?/m1/s1. The molecule has 260 valence electrons. The van der Waals surface area contributed by atoms with Gasteiger partial charge < -0.3 is 19.6 Å². The van der Waals surface area contributed by atoms with Crippen LogP contribution in [0.2, 0.25) is 5.02 Å². The van der Waals surface area contributed by atoms with E-state index >= 15 is 4.79 Å². The van der Waals surface area contributed by atoms with Gasteiger partial charge in [-0.15, -0.1) is 0 Å². The zero-order valence-electron chi connectivity index (χ0n) is 26.6. The average molecular weight is 721 g/mol. The van der Waals surface area contributed by atoms with Crippen LogP contribution in [0.5, 0.6) is 5.75 Å². The Kier molecular flexibility index (Phi) is 8.70. The van der Waals surface area contributed by atoms with Crippen LogP contribution in [0.3, 0.4) is 0 Å². The van der Waals surface area contributed by atoms with Crippen molar-refractivity contribution in [1.29, 1.82) is 0 Å². The largest absolute Gasteiger partial charge is 0.496 e. The lowest BCUT2D eigenvalue weighted by atomic mass is 9.80. The van der Waals surface area contributed by atoms with Crippen molar-refractivity contribution >= 4 is 45.0 Å². The topological polar surface area (TPSA) is 128 Å². The number of halogens is 4. The van der Waals surface area contributed by atoms with E-state index in [0.717, 1.165) is 0 Å². The fraction of sp³-hybridized carbons (Fsp3) is 0.364. The smallest absolute Gasteiger partial charge is 0.471 e. The highest BCUT2D eigenvalue weighted by Gasteiger charge is 2.64. The molecule has 6 rings (SSSR count). The van der Waals surface area contributed by atoms with Gasteiger partial charge in [-0.25, -0.2) is 12.7 Å². The normalized spacial score (nSPS) is 22.6. The predicted octanol–water partition coefficient (Wildman–Crippen LogP) is 3.30. The molecular formula is C33H32ClF3N4O7S. The van der Waals surface area contributed by atoms with Crippen LogP contribution < -0.4 is 9.04 Å². The van der Waals surface area contributed by atoms with Crippen molar-refractivity contribution in [2.45, 2.75) is 48.1 Å². The van der Waals surface area contributed by atoms with Gasteiger partial charge in [-0.3, -0.25) is 19.3 Å². The Morgan fingerprint density at radius 3 is 2.43 bits per heavy atom. The maximum atomic E-state index is 15.3. The van der Waals surface area contributed by atoms with Gasteiger partial charge in [0.1, 0.15) is 5.75 Å². The predicted molar refractivity (Wildman–Crippen MR) is 171 cm³/mol. The van der Waals surface area contributed by atoms with E-state index in [4.69, 9.17) is 16.3 Å². The van der Waals surface area contributed by atoms with Crippen LogP contribution in [0.15, 0.2) is 65.6 Å². The van der Waals surface area contributed by atoms with Crippen LogP contribution in [0.4, 0.5) is 18.9 Å². The van der Waals surface area contributed by atoms with Crippen molar-refractivity contribution in [2.75, 3.05) is 38.6 Å². The van der Waals surface area contributed by atoms with Crippen molar-refractivity contribution < 1.29 is 45.8 Å². The number of β-amino-alcohol motifs (C(OH)–C–C–N with tert-alkyl or cyclic N) is 1. The summed E-state index contributed by atoms with van der Waals surface area (Å²) < 4.78 is 75.3. The number of ether oxygens (including phenoxy) is 1. The molecule has 3 amide bonds. The van der Waals surface area contributed by atoms with Crippen LogP contribution >= 0.6 is 11.6 Å². The molecule has 3 aliphatic rings. The molecule has 1 fully saturated rings. The summed E-state index contributed by atoms with van der Waals surface area (Å²) in [5.74, 6) is -3.28. The number of sulfonamides is 1. The number of likely N-dealkylation sites (tertiary alicyclic amines) is 1. The first kappa shape index (κ1) is 34.7. The summed E-state index contributed by atoms with van der Waals surface area (Å²) in [5, 5.41) is 11.1. The van der Waals surface area contributed by atoms with Gasteiger partial charge >= 0.3 is 12.1 Å². The second-order valence-corrected chi connectivity index (χ2v) is 14.6. The number of aliphatic hydroxyl groups is 1. The Bertz CT molecular complexity index is 1980. The van der Waals surface area contributed by atoms with Gasteiger partial charge in [0.05, 0.1) is 29.8 Å². The molecule has 3 aliphatic heterocycles. The van der Waals surface area contributed by atoms with Crippen LogP contribution in [0.1, 0.15) is 28.7 Å². The summed E-state index contributed by atoms with van der Waals surface area (Å²) in [6.07, 6.45) is -6.16. The van der Waals surface area contributed by atoms with E-state index in [1.54, 1.807) is 24.3 Å². The van der Waals surface area contributed by atoms with Crippen molar-refractivity contribution in [1.82, 2.24) is 14.7 Å². The molecule has 0 radical (unpaired) electrons. The number of aliphatic hydroxyl groups excluding tert-OH is 1. The Labute approximate surface area is 285 Å². The minimum absolute atomic E-state index is 0.0538. The summed E-state index contributed by atoms with van der Waals surface area (Å²) in [6, 6.07) is 13.5. The fourth-order valence-corrected chi connectivity index (χ4v) is 8.77. The second-order valence-electron chi connectivity index (χ2n) is 12.3. The van der Waals surface area contributed by atoms with Crippen LogP contribution in [0.25, 0.3) is 0 Å². The number of rotatable bonds is 6. The lowest BCUT2D eigenvalue weighted by Crippen LogP contribution is -2.59. The van der Waals surface area contributed by atoms with Crippen molar-refractivity contribution in [3.8, 4) is 5.75 Å². The highest BCUT2D eigenvalue weighted by Crippen LogP contribution is 2.55. The van der Waals surface area contributed by atoms with E-state index in [9.17, 15) is 36.3 Å². The van der Waals surface area contributed by atoms with Gasteiger partial charge in [-0.1, -0.05) is 35.9 Å². The number of likely N-dealkylation sites (N-methyl/N-ethyl adjacent to an activating group) is 1. The van der Waals surface area contributed by atoms with Gasteiger partial charge in [0.2, 0.25) is 5.91 Å². The molecule has 0 spiro atoms. The number of para-hydroxylation sites is 1. The number of methoxy groups -OCH3 is 1. The molecule has 1 saturated heterocycles. The first-order chi connectivity index (χ1) is 23.0. The summed E-state index contributed by atoms with van der Waals surface area (Å²) >= 11 is 6.51. The van der Waals surface area contributed by atoms with E-state index in [0.29, 0.717) is 14.8 Å². The summed E-state index contributed by atoms with van der Waals surface area (Å²) in [5.41, 5.74) is -1.08. The van der Waals surface area contributed by atoms with E-state index in [2.05, 4.69) is 0 Å². The first-order valence-electron chi connectivity index (χ1n) is 15.2. The number of nitrogens with zero attached hydrogens (tertiary/aromatic N) is 4. The second kappa shape index (κ2) is 12.3. The molecule has 11 nitrogen and oxygen atoms in total. The van der Waals surface area contributed by atoms with Gasteiger partial charge in [-0.2, -0.15) is 13.2 Å². The third-order valence-corrected chi connectivity index (χ3v) is 11.2. The van der Waals surface area contributed by atoms with E-state index < -0.39 is 63.0 Å². The quantitative estimate of drug-likeness (QED) is 0.411. The molecule has 3 aromatic rings. The number of fused-ring (bicyclic) bond motifs is 2. The summed E-state index contributed by atoms with van der Waals surface area (Å²) in [4.78, 5) is 43.9. The number of carbonyl (C=O) groups is 3. The molecular weight excluding hydrogens is 689 g/mol. The lowest BCUT2D eigenvalue weighted by molar-refractivity contribution is -0.186. The van der Waals surface area contributed by atoms with Gasteiger partial charge in [-0.05, 0) is 60.4 Å². The minimum Gasteiger partial charge on any atom is -0.496 e. The highest BCUT2D eigenvalue weighted by atomic mass is 35.5. The van der Waals surface area contributed by atoms with Gasteiger partial charge in [0, 0.05) is 49.9 Å². The Balaban J connectivity index is 1.56. The molecule has 49 heavy (non-hydrogen) atoms. The molecule has 0 saturated carbocycles. The molecule has 3 heterocycles. The summed E-state index contributed by atoms with van der Waals surface area (Å²) in [7, 11) is -0.392. The highest BCUT2D eigenvalue weighted by molar-refractivity contribution is 7.93. The van der Waals surface area contributed by atoms with Crippen LogP contribution in [0, 0.1) is 0 Å². The summed E-state index contributed by atoms with van der Waals surface area (Å²) in [6.45, 7) is -0.885. The molecule has 3 aromatic carbocycles. The lowest BCUT2D eigenvalue weighted by Gasteiger charge is -2.42. The Morgan fingerprint density at radius 1 is 1.04 bits per heavy atom. The molecule has 3 atom stereocenters. The molecule has 1 unspecified atom stereocenters. The third kappa shape index (κ3) is 5.52. The first-order valence-corrected chi connectivity index (χ1v) is 17.0. The van der Waals surface area contributed by atoms with Gasteiger partial charge in [0.25, 0.3) is 15.9 Å². The van der Waals surface area contributed by atoms with E-state index in [1.807, 2.05) is 0 Å². The zero-order valence-corrected chi connectivity index (χ0v) is 28.1. The number of hydrogen-bond acceptors (Lipinski definition) is 8. The van der Waals surface area contributed by atoms with E-state index in [-0.39, 0.29) is 59.1 Å². The number of carbonyl (C=O) groups excluding carboxylic acids is 3. The minimum atomic E-state index is -5.11. The number of hydrogen-bond donors (Lipinski definition) is 1. The Hall–Kier alpha value is -4.18. The van der Waals surface area contributed by atoms with Crippen LogP contribution in [-0.2, 0) is 42.9 Å². The number of benzene rings is 3. The Morgan fingerprint density at radius 2 is 1.76 bits per heavy atom. The maximum Gasteiger partial charge on any atom is 0.471 e. The van der Waals surface area contributed by atoms with E-state index in [1.165, 1.54) is 67.4 Å². The number of anilines is 1. The average Bonchev–Trinajstić information content (AvgIpc) is 3.57. The molecule has 1 N–H and O–H groups in total. The van der Waals surface area contributed by atoms with Crippen molar-refractivity contribution in [3.05, 3.63) is 87.9 Å². The monoisotopic (exact) mass is 720 g/mol. The van der Waals surface area contributed by atoms with Gasteiger partial charge in [0.15, 0.2) is 5.54 Å². The molecule has 0 bridgehead atoms. The van der Waals surface area contributed by atoms with Crippen LogP contribution in [-0.4, -0.2) is 98.6 Å². The molecule has 0 aliphatic carbocycles. The SMILES string of the molecule is COc1ccccc1C1(N2C[C@H](O)C[C@H]2C(=O)N(C)C)C(=O)N(S(=O)(=O)c2ccc3c(c2)CN(C(=O)C(F)(F)F)CC3)c2ccc(Cl)cc21.